The predicted octanol–water partition coefficient (Wildman–Crippen LogP) is 2.20. The molecule has 1 saturated heterocycles. The summed E-state index contributed by atoms with van der Waals surface area (Å²) in [7, 11) is 3.95. The zero-order chi connectivity index (χ0) is 24.9. The lowest BCUT2D eigenvalue weighted by molar-refractivity contribution is -0.883. The van der Waals surface area contributed by atoms with Crippen LogP contribution in [0.1, 0.15) is 59.3 Å². The first-order valence-corrected chi connectivity index (χ1v) is 11.7. The zero-order valence-electron chi connectivity index (χ0n) is 20.7. The standard InChI is InChI=1S/C24H40NO8/c1-7-11-19(26)31-18-17-30-24(29-16-15-25(5,6)14-10-4)23(33-21(28)13-9-3)22(18)32-20(27)12-8-2/h4,18,22-24H,7-9,11-17H2,1-3,5-6H3/q+1/t18-,22+,23-,24?/m1/s1. The SMILES string of the molecule is C#CC[N+](C)(C)CCOC1OC[C@@H](OC(=O)CCC)[C@H](OC(=O)CCC)[C@H]1OC(=O)CCC. The van der Waals surface area contributed by atoms with Gasteiger partial charge < -0.3 is 28.2 Å². The van der Waals surface area contributed by atoms with E-state index in [0.717, 1.165) is 0 Å². The molecule has 188 valence electrons. The van der Waals surface area contributed by atoms with Crippen LogP contribution in [0, 0.1) is 12.3 Å². The molecule has 1 unspecified atom stereocenters. The van der Waals surface area contributed by atoms with Crippen LogP contribution in [0.5, 0.6) is 0 Å². The second-order valence-corrected chi connectivity index (χ2v) is 8.78. The van der Waals surface area contributed by atoms with Crippen molar-refractivity contribution in [3.05, 3.63) is 0 Å². The van der Waals surface area contributed by atoms with Crippen molar-refractivity contribution in [1.82, 2.24) is 0 Å². The van der Waals surface area contributed by atoms with Gasteiger partial charge >= 0.3 is 17.9 Å². The number of likely N-dealkylation sites (N-methyl/N-ethyl adjacent to an activating group) is 1. The smallest absolute Gasteiger partial charge is 0.306 e. The van der Waals surface area contributed by atoms with Gasteiger partial charge in [-0.05, 0) is 25.2 Å². The molecule has 1 aliphatic heterocycles. The molecule has 1 rings (SSSR count). The summed E-state index contributed by atoms with van der Waals surface area (Å²) in [6.45, 7) is 6.91. The van der Waals surface area contributed by atoms with Gasteiger partial charge in [0.05, 0.1) is 27.3 Å². The minimum Gasteiger partial charge on any atom is -0.456 e. The van der Waals surface area contributed by atoms with Crippen molar-refractivity contribution in [3.8, 4) is 12.3 Å². The number of nitrogens with zero attached hydrogens (tertiary/aromatic N) is 1. The molecular formula is C24H40NO8+. The van der Waals surface area contributed by atoms with E-state index in [1.54, 1.807) is 0 Å². The summed E-state index contributed by atoms with van der Waals surface area (Å²) in [4.78, 5) is 36.8. The van der Waals surface area contributed by atoms with E-state index in [1.807, 2.05) is 34.9 Å². The third-order valence-corrected chi connectivity index (χ3v) is 5.06. The van der Waals surface area contributed by atoms with Gasteiger partial charge in [0.1, 0.15) is 13.1 Å². The topological polar surface area (TPSA) is 97.4 Å². The fourth-order valence-electron chi connectivity index (χ4n) is 3.26. The second-order valence-electron chi connectivity index (χ2n) is 8.78. The molecule has 0 saturated carbocycles. The van der Waals surface area contributed by atoms with Gasteiger partial charge in [0.2, 0.25) is 0 Å². The lowest BCUT2D eigenvalue weighted by atomic mass is 10.0. The van der Waals surface area contributed by atoms with Crippen molar-refractivity contribution < 1.29 is 42.6 Å². The van der Waals surface area contributed by atoms with Crippen LogP contribution >= 0.6 is 0 Å². The van der Waals surface area contributed by atoms with Gasteiger partial charge in [-0.2, -0.15) is 0 Å². The molecule has 33 heavy (non-hydrogen) atoms. The average Bonchev–Trinajstić information content (AvgIpc) is 2.72. The Hall–Kier alpha value is -2.15. The van der Waals surface area contributed by atoms with E-state index in [9.17, 15) is 14.4 Å². The molecule has 0 aromatic heterocycles. The Morgan fingerprint density at radius 3 is 1.94 bits per heavy atom. The fraction of sp³-hybridized carbons (Fsp3) is 0.792. The lowest BCUT2D eigenvalue weighted by Gasteiger charge is -2.40. The van der Waals surface area contributed by atoms with E-state index >= 15 is 0 Å². The number of esters is 3. The van der Waals surface area contributed by atoms with E-state index in [0.29, 0.717) is 36.8 Å². The average molecular weight is 471 g/mol. The fourth-order valence-corrected chi connectivity index (χ4v) is 3.26. The maximum atomic E-state index is 12.4. The number of terminal acetylenes is 1. The van der Waals surface area contributed by atoms with Gasteiger partial charge in [-0.3, -0.25) is 14.4 Å². The summed E-state index contributed by atoms with van der Waals surface area (Å²) < 4.78 is 29.1. The maximum absolute atomic E-state index is 12.4. The molecule has 1 heterocycles. The lowest BCUT2D eigenvalue weighted by Crippen LogP contribution is -2.58. The molecule has 0 amide bonds. The highest BCUT2D eigenvalue weighted by Gasteiger charge is 2.48. The van der Waals surface area contributed by atoms with E-state index in [4.69, 9.17) is 30.1 Å². The van der Waals surface area contributed by atoms with E-state index < -0.39 is 42.5 Å². The summed E-state index contributed by atoms with van der Waals surface area (Å²) >= 11 is 0. The highest BCUT2D eigenvalue weighted by atomic mass is 16.7. The number of ether oxygens (including phenoxy) is 5. The monoisotopic (exact) mass is 470 g/mol. The maximum Gasteiger partial charge on any atom is 0.306 e. The molecule has 9 heteroatoms. The van der Waals surface area contributed by atoms with Crippen LogP contribution in [0.2, 0.25) is 0 Å². The molecule has 0 radical (unpaired) electrons. The van der Waals surface area contributed by atoms with Crippen molar-refractivity contribution in [2.45, 2.75) is 83.9 Å². The van der Waals surface area contributed by atoms with Gasteiger partial charge in [0.25, 0.3) is 0 Å². The van der Waals surface area contributed by atoms with E-state index in [1.165, 1.54) is 0 Å². The number of carbonyl (C=O) groups is 3. The van der Waals surface area contributed by atoms with Crippen molar-refractivity contribution in [2.75, 3.05) is 40.4 Å². The first-order valence-electron chi connectivity index (χ1n) is 11.7. The molecule has 0 aliphatic carbocycles. The molecule has 0 N–H and O–H groups in total. The minimum absolute atomic E-state index is 0.0470. The van der Waals surface area contributed by atoms with Gasteiger partial charge in [-0.25, -0.2) is 0 Å². The van der Waals surface area contributed by atoms with Crippen molar-refractivity contribution in [3.63, 3.8) is 0 Å². The Kier molecular flexibility index (Phi) is 13.0. The molecule has 0 bridgehead atoms. The third-order valence-electron chi connectivity index (χ3n) is 5.06. The molecule has 4 atom stereocenters. The van der Waals surface area contributed by atoms with E-state index in [2.05, 4.69) is 5.92 Å². The molecular weight excluding hydrogens is 430 g/mol. The zero-order valence-corrected chi connectivity index (χ0v) is 20.7. The van der Waals surface area contributed by atoms with Crippen LogP contribution in [-0.4, -0.2) is 87.4 Å². The van der Waals surface area contributed by atoms with Crippen LogP contribution < -0.4 is 0 Å². The Labute approximate surface area is 197 Å². The predicted molar refractivity (Wildman–Crippen MR) is 121 cm³/mol. The van der Waals surface area contributed by atoms with Crippen LogP contribution in [0.4, 0.5) is 0 Å². The molecule has 0 aromatic carbocycles. The highest BCUT2D eigenvalue weighted by Crippen LogP contribution is 2.26. The molecule has 9 nitrogen and oxygen atoms in total. The first-order chi connectivity index (χ1) is 15.7. The number of quaternary nitrogens is 1. The molecule has 0 aromatic rings. The van der Waals surface area contributed by atoms with Gasteiger partial charge in [0.15, 0.2) is 24.6 Å². The van der Waals surface area contributed by atoms with Crippen LogP contribution in [0.25, 0.3) is 0 Å². The van der Waals surface area contributed by atoms with Crippen LogP contribution in [-0.2, 0) is 38.1 Å². The van der Waals surface area contributed by atoms with Gasteiger partial charge in [0, 0.05) is 19.3 Å². The Bertz CT molecular complexity index is 672. The number of carbonyl (C=O) groups excluding carboxylic acids is 3. The Morgan fingerprint density at radius 2 is 1.42 bits per heavy atom. The van der Waals surface area contributed by atoms with Crippen LogP contribution in [0.15, 0.2) is 0 Å². The second kappa shape index (κ2) is 14.9. The Balaban J connectivity index is 3.07. The molecule has 0 spiro atoms. The normalized spacial score (nSPS) is 22.8. The summed E-state index contributed by atoms with van der Waals surface area (Å²) in [5.74, 6) is 1.25. The number of hydrogen-bond donors (Lipinski definition) is 0. The minimum atomic E-state index is -1.07. The summed E-state index contributed by atoms with van der Waals surface area (Å²) in [6.07, 6.45) is 3.82. The highest BCUT2D eigenvalue weighted by molar-refractivity contribution is 5.71. The van der Waals surface area contributed by atoms with Crippen molar-refractivity contribution in [2.24, 2.45) is 0 Å². The molecule has 1 aliphatic rings. The van der Waals surface area contributed by atoms with E-state index in [-0.39, 0.29) is 32.5 Å². The summed E-state index contributed by atoms with van der Waals surface area (Å²) in [5.41, 5.74) is 0. The third kappa shape index (κ3) is 10.5. The van der Waals surface area contributed by atoms with Crippen molar-refractivity contribution in [1.29, 1.82) is 0 Å². The quantitative estimate of drug-likeness (QED) is 0.165. The Morgan fingerprint density at radius 1 is 0.909 bits per heavy atom. The van der Waals surface area contributed by atoms with Crippen LogP contribution in [0.3, 0.4) is 0 Å². The summed E-state index contributed by atoms with van der Waals surface area (Å²) in [5, 5.41) is 0. The molecule has 1 fully saturated rings. The van der Waals surface area contributed by atoms with Gasteiger partial charge in [-0.1, -0.05) is 20.8 Å². The first kappa shape index (κ1) is 28.9. The summed E-state index contributed by atoms with van der Waals surface area (Å²) in [6, 6.07) is 0. The largest absolute Gasteiger partial charge is 0.456 e. The van der Waals surface area contributed by atoms with Gasteiger partial charge in [-0.15, -0.1) is 6.42 Å². The van der Waals surface area contributed by atoms with Crippen molar-refractivity contribution >= 4 is 17.9 Å². The number of rotatable bonds is 14. The number of hydrogen-bond acceptors (Lipinski definition) is 8.